The van der Waals surface area contributed by atoms with E-state index in [0.717, 1.165) is 35.1 Å². The highest BCUT2D eigenvalue weighted by Crippen LogP contribution is 2.24. The Balaban J connectivity index is 1.75. The number of hydrogen-bond acceptors (Lipinski definition) is 0. The van der Waals surface area contributed by atoms with Gasteiger partial charge in [0, 0.05) is 11.1 Å². The van der Waals surface area contributed by atoms with Gasteiger partial charge in [-0.1, -0.05) is 67.1 Å². The van der Waals surface area contributed by atoms with Gasteiger partial charge in [-0.05, 0) is 59.5 Å². The summed E-state index contributed by atoms with van der Waals surface area (Å²) in [6.07, 6.45) is 2.25. The van der Waals surface area contributed by atoms with E-state index in [1.165, 1.54) is 11.6 Å². The molecular formula is C23H18ClF. The predicted molar refractivity (Wildman–Crippen MR) is 103 cm³/mol. The molecule has 25 heavy (non-hydrogen) atoms. The summed E-state index contributed by atoms with van der Waals surface area (Å²) in [7, 11) is 0. The summed E-state index contributed by atoms with van der Waals surface area (Å²) in [4.78, 5) is 0. The summed E-state index contributed by atoms with van der Waals surface area (Å²) in [5.41, 5.74) is 5.00. The number of rotatable bonds is 3. The topological polar surface area (TPSA) is 0 Å². The van der Waals surface area contributed by atoms with Gasteiger partial charge in [-0.2, -0.15) is 0 Å². The number of benzene rings is 3. The molecule has 3 rings (SSSR count). The van der Waals surface area contributed by atoms with Gasteiger partial charge in [0.2, 0.25) is 0 Å². The smallest absolute Gasteiger partial charge is 0.142 e. The monoisotopic (exact) mass is 348 g/mol. The van der Waals surface area contributed by atoms with Crippen molar-refractivity contribution in [1.29, 1.82) is 0 Å². The maximum atomic E-state index is 13.6. The third-order valence-electron chi connectivity index (χ3n) is 3.98. The highest BCUT2D eigenvalue weighted by molar-refractivity contribution is 6.30. The van der Waals surface area contributed by atoms with Crippen LogP contribution in [0.25, 0.3) is 11.1 Å². The summed E-state index contributed by atoms with van der Waals surface area (Å²) in [5.74, 6) is 5.94. The summed E-state index contributed by atoms with van der Waals surface area (Å²) in [6, 6.07) is 21.0. The van der Waals surface area contributed by atoms with Crippen LogP contribution in [0.5, 0.6) is 0 Å². The van der Waals surface area contributed by atoms with Gasteiger partial charge in [0.25, 0.3) is 0 Å². The van der Waals surface area contributed by atoms with Crippen LogP contribution in [-0.4, -0.2) is 0 Å². The normalized spacial score (nSPS) is 10.2. The summed E-state index contributed by atoms with van der Waals surface area (Å²) < 4.78 is 13.6. The van der Waals surface area contributed by atoms with E-state index in [4.69, 9.17) is 11.6 Å². The molecule has 124 valence electrons. The Hall–Kier alpha value is -2.56. The molecule has 0 fully saturated rings. The maximum absolute atomic E-state index is 13.6. The summed E-state index contributed by atoms with van der Waals surface area (Å²) in [5, 5.41) is 0.135. The van der Waals surface area contributed by atoms with Crippen molar-refractivity contribution in [3.63, 3.8) is 0 Å². The van der Waals surface area contributed by atoms with Crippen LogP contribution in [-0.2, 0) is 6.42 Å². The molecule has 0 radical (unpaired) electrons. The van der Waals surface area contributed by atoms with E-state index < -0.39 is 5.82 Å². The molecule has 0 aliphatic rings. The minimum absolute atomic E-state index is 0.135. The standard InChI is InChI=1S/C23H18ClF/c1-2-3-17-4-6-18(7-5-17)8-9-19-10-12-20(13-11-19)21-14-15-22(24)23(25)16-21/h4-7,10-16H,2-3H2,1H3. The summed E-state index contributed by atoms with van der Waals surface area (Å²) >= 11 is 5.73. The lowest BCUT2D eigenvalue weighted by molar-refractivity contribution is 0.629. The fourth-order valence-electron chi connectivity index (χ4n) is 2.61. The van der Waals surface area contributed by atoms with Crippen molar-refractivity contribution in [2.45, 2.75) is 19.8 Å². The Morgan fingerprint density at radius 2 is 1.36 bits per heavy atom. The van der Waals surface area contributed by atoms with Gasteiger partial charge in [-0.3, -0.25) is 0 Å². The first-order chi connectivity index (χ1) is 12.2. The van der Waals surface area contributed by atoms with E-state index in [1.54, 1.807) is 6.07 Å². The van der Waals surface area contributed by atoms with Crippen LogP contribution in [0.3, 0.4) is 0 Å². The van der Waals surface area contributed by atoms with Crippen molar-refractivity contribution in [2.75, 3.05) is 0 Å². The molecule has 3 aromatic rings. The van der Waals surface area contributed by atoms with Crippen LogP contribution in [0, 0.1) is 17.7 Å². The zero-order valence-corrected chi connectivity index (χ0v) is 14.8. The van der Waals surface area contributed by atoms with Gasteiger partial charge in [0.15, 0.2) is 0 Å². The fourth-order valence-corrected chi connectivity index (χ4v) is 2.73. The van der Waals surface area contributed by atoms with E-state index in [2.05, 4.69) is 43.0 Å². The Morgan fingerprint density at radius 1 is 0.800 bits per heavy atom. The van der Waals surface area contributed by atoms with Crippen molar-refractivity contribution in [3.05, 3.63) is 94.3 Å². The maximum Gasteiger partial charge on any atom is 0.142 e. The molecule has 0 unspecified atom stereocenters. The molecule has 0 bridgehead atoms. The first-order valence-electron chi connectivity index (χ1n) is 8.32. The van der Waals surface area contributed by atoms with Crippen molar-refractivity contribution in [2.24, 2.45) is 0 Å². The highest BCUT2D eigenvalue weighted by atomic mass is 35.5. The first kappa shape index (κ1) is 17.3. The zero-order valence-electron chi connectivity index (χ0n) is 14.0. The average molecular weight is 349 g/mol. The second kappa shape index (κ2) is 8.01. The molecule has 0 nitrogen and oxygen atoms in total. The molecule has 0 saturated carbocycles. The molecule has 0 amide bonds. The molecule has 3 aromatic carbocycles. The first-order valence-corrected chi connectivity index (χ1v) is 8.70. The van der Waals surface area contributed by atoms with E-state index in [9.17, 15) is 4.39 Å². The molecular weight excluding hydrogens is 331 g/mol. The Bertz CT molecular complexity index is 913. The molecule has 0 heterocycles. The Labute approximate surface area is 153 Å². The van der Waals surface area contributed by atoms with Gasteiger partial charge in [-0.25, -0.2) is 4.39 Å². The van der Waals surface area contributed by atoms with Crippen LogP contribution in [0.15, 0.2) is 66.7 Å². The lowest BCUT2D eigenvalue weighted by Crippen LogP contribution is -1.84. The number of hydrogen-bond donors (Lipinski definition) is 0. The van der Waals surface area contributed by atoms with Crippen molar-refractivity contribution in [3.8, 4) is 23.0 Å². The molecule has 0 saturated heterocycles. The lowest BCUT2D eigenvalue weighted by Gasteiger charge is -2.03. The van der Waals surface area contributed by atoms with Gasteiger partial charge < -0.3 is 0 Å². The second-order valence-electron chi connectivity index (χ2n) is 5.90. The van der Waals surface area contributed by atoms with Crippen LogP contribution >= 0.6 is 11.6 Å². The van der Waals surface area contributed by atoms with Crippen LogP contribution < -0.4 is 0 Å². The largest absolute Gasteiger partial charge is 0.205 e. The van der Waals surface area contributed by atoms with Crippen LogP contribution in [0.1, 0.15) is 30.0 Å². The molecule has 0 aliphatic carbocycles. The van der Waals surface area contributed by atoms with Crippen molar-refractivity contribution < 1.29 is 4.39 Å². The predicted octanol–water partition coefficient (Wildman–Crippen LogP) is 6.50. The van der Waals surface area contributed by atoms with Gasteiger partial charge in [0.1, 0.15) is 5.82 Å². The van der Waals surface area contributed by atoms with Gasteiger partial charge in [-0.15, -0.1) is 0 Å². The van der Waals surface area contributed by atoms with Crippen LogP contribution in [0.2, 0.25) is 5.02 Å². The van der Waals surface area contributed by atoms with E-state index in [1.807, 2.05) is 30.3 Å². The van der Waals surface area contributed by atoms with E-state index in [-0.39, 0.29) is 5.02 Å². The lowest BCUT2D eigenvalue weighted by atomic mass is 10.0. The molecule has 0 spiro atoms. The molecule has 0 atom stereocenters. The molecule has 2 heteroatoms. The Morgan fingerprint density at radius 3 is 1.92 bits per heavy atom. The Kier molecular flexibility index (Phi) is 5.53. The van der Waals surface area contributed by atoms with Crippen molar-refractivity contribution in [1.82, 2.24) is 0 Å². The fraction of sp³-hybridized carbons (Fsp3) is 0.130. The minimum atomic E-state index is -0.408. The molecule has 0 aromatic heterocycles. The summed E-state index contributed by atoms with van der Waals surface area (Å²) in [6.45, 7) is 2.18. The third-order valence-corrected chi connectivity index (χ3v) is 4.29. The van der Waals surface area contributed by atoms with E-state index in [0.29, 0.717) is 0 Å². The molecule has 0 N–H and O–H groups in total. The van der Waals surface area contributed by atoms with Crippen molar-refractivity contribution >= 4 is 11.6 Å². The molecule has 0 aliphatic heterocycles. The second-order valence-corrected chi connectivity index (χ2v) is 6.31. The van der Waals surface area contributed by atoms with E-state index >= 15 is 0 Å². The number of halogens is 2. The zero-order chi connectivity index (χ0) is 17.6. The third kappa shape index (κ3) is 4.50. The SMILES string of the molecule is CCCc1ccc(C#Cc2ccc(-c3ccc(Cl)c(F)c3)cc2)cc1. The highest BCUT2D eigenvalue weighted by Gasteiger charge is 2.03. The van der Waals surface area contributed by atoms with Gasteiger partial charge in [0.05, 0.1) is 5.02 Å². The minimum Gasteiger partial charge on any atom is -0.205 e. The number of aryl methyl sites for hydroxylation is 1. The van der Waals surface area contributed by atoms with Gasteiger partial charge >= 0.3 is 0 Å². The average Bonchev–Trinajstić information content (AvgIpc) is 2.64. The van der Waals surface area contributed by atoms with Crippen LogP contribution in [0.4, 0.5) is 4.39 Å². The quantitative estimate of drug-likeness (QED) is 0.474.